The zero-order valence-electron chi connectivity index (χ0n) is 15.1. The number of carbonyl (C=O) groups excluding carboxylic acids is 2. The number of amides is 2. The van der Waals surface area contributed by atoms with E-state index in [1.54, 1.807) is 11.0 Å². The van der Waals surface area contributed by atoms with Gasteiger partial charge in [-0.2, -0.15) is 0 Å². The van der Waals surface area contributed by atoms with Gasteiger partial charge in [-0.25, -0.2) is 0 Å². The average molecular weight is 452 g/mol. The molecule has 1 N–H and O–H groups in total. The number of carbonyl (C=O) groups is 2. The Morgan fingerprint density at radius 3 is 2.70 bits per heavy atom. The van der Waals surface area contributed by atoms with Crippen LogP contribution in [0.5, 0.6) is 5.75 Å². The van der Waals surface area contributed by atoms with Crippen LogP contribution in [0.2, 0.25) is 5.02 Å². The molecule has 0 radical (unpaired) electrons. The predicted octanol–water partition coefficient (Wildman–Crippen LogP) is 4.80. The number of rotatable bonds is 5. The normalized spacial score (nSPS) is 16.5. The van der Waals surface area contributed by atoms with Crippen molar-refractivity contribution < 1.29 is 14.3 Å². The second-order valence-corrected chi connectivity index (χ2v) is 7.66. The minimum absolute atomic E-state index is 0.0649. The number of benzene rings is 2. The molecule has 27 heavy (non-hydrogen) atoms. The summed E-state index contributed by atoms with van der Waals surface area (Å²) in [6.45, 7) is 4.75. The van der Waals surface area contributed by atoms with Gasteiger partial charge in [-0.3, -0.25) is 9.59 Å². The van der Waals surface area contributed by atoms with E-state index >= 15 is 0 Å². The van der Waals surface area contributed by atoms with E-state index < -0.39 is 5.92 Å². The standard InChI is InChI=1S/C20H20BrClN2O3/c1-3-27-15-6-4-14(5-7-15)24-11-13(9-19(24)25)20(26)23-18-10-17(22)16(21)8-12(18)2/h4-8,10,13H,3,9,11H2,1-2H3,(H,23,26)/t13-/m1/s1. The number of anilines is 2. The summed E-state index contributed by atoms with van der Waals surface area (Å²) in [5.74, 6) is 0.0961. The summed E-state index contributed by atoms with van der Waals surface area (Å²) in [5, 5.41) is 3.42. The molecule has 1 heterocycles. The number of nitrogens with one attached hydrogen (secondary N) is 1. The summed E-state index contributed by atoms with van der Waals surface area (Å²) in [4.78, 5) is 26.7. The quantitative estimate of drug-likeness (QED) is 0.710. The first-order valence-electron chi connectivity index (χ1n) is 8.68. The maximum atomic E-state index is 12.7. The number of aryl methyl sites for hydroxylation is 1. The number of hydrogen-bond donors (Lipinski definition) is 1. The molecule has 2 amide bonds. The Bertz CT molecular complexity index is 870. The van der Waals surface area contributed by atoms with Gasteiger partial charge in [0.25, 0.3) is 0 Å². The summed E-state index contributed by atoms with van der Waals surface area (Å²) < 4.78 is 6.20. The van der Waals surface area contributed by atoms with E-state index in [-0.39, 0.29) is 18.2 Å². The molecule has 2 aromatic carbocycles. The lowest BCUT2D eigenvalue weighted by atomic mass is 10.1. The van der Waals surface area contributed by atoms with Gasteiger partial charge in [0.2, 0.25) is 11.8 Å². The fourth-order valence-corrected chi connectivity index (χ4v) is 3.66. The lowest BCUT2D eigenvalue weighted by Gasteiger charge is -2.17. The van der Waals surface area contributed by atoms with Gasteiger partial charge in [0.05, 0.1) is 17.5 Å². The van der Waals surface area contributed by atoms with Gasteiger partial charge < -0.3 is 15.0 Å². The van der Waals surface area contributed by atoms with Crippen LogP contribution >= 0.6 is 27.5 Å². The fraction of sp³-hybridized carbons (Fsp3) is 0.300. The SMILES string of the molecule is CCOc1ccc(N2C[C@H](C(=O)Nc3cc(Cl)c(Br)cc3C)CC2=O)cc1. The highest BCUT2D eigenvalue weighted by Gasteiger charge is 2.35. The average Bonchev–Trinajstić information content (AvgIpc) is 3.02. The largest absolute Gasteiger partial charge is 0.494 e. The molecule has 0 aliphatic carbocycles. The third-order valence-electron chi connectivity index (χ3n) is 4.48. The highest BCUT2D eigenvalue weighted by Crippen LogP contribution is 2.31. The third kappa shape index (κ3) is 4.45. The molecule has 3 rings (SSSR count). The Labute approximate surface area is 171 Å². The van der Waals surface area contributed by atoms with Gasteiger partial charge in [0.1, 0.15) is 5.75 Å². The summed E-state index contributed by atoms with van der Waals surface area (Å²) in [5.41, 5.74) is 2.31. The highest BCUT2D eigenvalue weighted by molar-refractivity contribution is 9.10. The smallest absolute Gasteiger partial charge is 0.229 e. The Hall–Kier alpha value is -2.05. The van der Waals surface area contributed by atoms with Crippen LogP contribution in [0, 0.1) is 12.8 Å². The van der Waals surface area contributed by atoms with E-state index in [2.05, 4.69) is 21.2 Å². The van der Waals surface area contributed by atoms with Gasteiger partial charge in [-0.1, -0.05) is 11.6 Å². The van der Waals surface area contributed by atoms with Crippen molar-refractivity contribution >= 4 is 50.7 Å². The summed E-state index contributed by atoms with van der Waals surface area (Å²) in [6.07, 6.45) is 0.183. The lowest BCUT2D eigenvalue weighted by molar-refractivity contribution is -0.122. The minimum Gasteiger partial charge on any atom is -0.494 e. The van der Waals surface area contributed by atoms with Crippen LogP contribution in [-0.2, 0) is 9.59 Å². The third-order valence-corrected chi connectivity index (χ3v) is 5.68. The molecule has 7 heteroatoms. The lowest BCUT2D eigenvalue weighted by Crippen LogP contribution is -2.28. The van der Waals surface area contributed by atoms with E-state index in [0.29, 0.717) is 23.9 Å². The molecule has 0 bridgehead atoms. The number of hydrogen-bond acceptors (Lipinski definition) is 3. The van der Waals surface area contributed by atoms with Crippen LogP contribution in [0.25, 0.3) is 0 Å². The van der Waals surface area contributed by atoms with Crippen molar-refractivity contribution in [2.75, 3.05) is 23.4 Å². The van der Waals surface area contributed by atoms with E-state index in [9.17, 15) is 9.59 Å². The summed E-state index contributed by atoms with van der Waals surface area (Å²) in [6, 6.07) is 10.9. The molecule has 0 spiro atoms. The zero-order valence-corrected chi connectivity index (χ0v) is 17.4. The van der Waals surface area contributed by atoms with Crippen LogP contribution < -0.4 is 15.0 Å². The molecule has 0 saturated carbocycles. The van der Waals surface area contributed by atoms with Crippen molar-refractivity contribution in [2.24, 2.45) is 5.92 Å². The van der Waals surface area contributed by atoms with Gasteiger partial charge >= 0.3 is 0 Å². The molecule has 142 valence electrons. The van der Waals surface area contributed by atoms with Gasteiger partial charge in [-0.15, -0.1) is 0 Å². The monoisotopic (exact) mass is 450 g/mol. The van der Waals surface area contributed by atoms with Crippen molar-refractivity contribution in [3.8, 4) is 5.75 Å². The Kier molecular flexibility index (Phi) is 6.07. The predicted molar refractivity (Wildman–Crippen MR) is 111 cm³/mol. The van der Waals surface area contributed by atoms with Gasteiger partial charge in [0, 0.05) is 28.8 Å². The van der Waals surface area contributed by atoms with Crippen LogP contribution in [-0.4, -0.2) is 25.0 Å². The van der Waals surface area contributed by atoms with E-state index in [0.717, 1.165) is 21.5 Å². The molecule has 1 aliphatic heterocycles. The fourth-order valence-electron chi connectivity index (χ4n) is 3.04. The molecule has 1 aliphatic rings. The minimum atomic E-state index is -0.411. The highest BCUT2D eigenvalue weighted by atomic mass is 79.9. The maximum Gasteiger partial charge on any atom is 0.229 e. The first-order valence-corrected chi connectivity index (χ1v) is 9.86. The number of ether oxygens (including phenoxy) is 1. The Balaban J connectivity index is 1.69. The number of nitrogens with zero attached hydrogens (tertiary/aromatic N) is 1. The van der Waals surface area contributed by atoms with Crippen LogP contribution in [0.4, 0.5) is 11.4 Å². The van der Waals surface area contributed by atoms with Gasteiger partial charge in [0.15, 0.2) is 0 Å². The molecule has 5 nitrogen and oxygen atoms in total. The molecule has 1 atom stereocenters. The van der Waals surface area contributed by atoms with Crippen LogP contribution in [0.1, 0.15) is 18.9 Å². The zero-order chi connectivity index (χ0) is 19.6. The van der Waals surface area contributed by atoms with E-state index in [4.69, 9.17) is 16.3 Å². The molecule has 0 unspecified atom stereocenters. The van der Waals surface area contributed by atoms with Crippen LogP contribution in [0.3, 0.4) is 0 Å². The van der Waals surface area contributed by atoms with Crippen molar-refractivity contribution in [3.05, 3.63) is 51.5 Å². The van der Waals surface area contributed by atoms with Crippen molar-refractivity contribution in [1.29, 1.82) is 0 Å². The van der Waals surface area contributed by atoms with Gasteiger partial charge in [-0.05, 0) is 71.7 Å². The Morgan fingerprint density at radius 2 is 2.04 bits per heavy atom. The molecule has 1 fully saturated rings. The first kappa shape index (κ1) is 19.7. The molecular formula is C20H20BrClN2O3. The van der Waals surface area contributed by atoms with Crippen LogP contribution in [0.15, 0.2) is 40.9 Å². The van der Waals surface area contributed by atoms with E-state index in [1.165, 1.54) is 0 Å². The number of halogens is 2. The second-order valence-electron chi connectivity index (χ2n) is 6.40. The topological polar surface area (TPSA) is 58.6 Å². The molecule has 2 aromatic rings. The summed E-state index contributed by atoms with van der Waals surface area (Å²) >= 11 is 9.48. The van der Waals surface area contributed by atoms with Crippen molar-refractivity contribution in [2.45, 2.75) is 20.3 Å². The Morgan fingerprint density at radius 1 is 1.33 bits per heavy atom. The van der Waals surface area contributed by atoms with E-state index in [1.807, 2.05) is 44.2 Å². The van der Waals surface area contributed by atoms with Crippen molar-refractivity contribution in [3.63, 3.8) is 0 Å². The molecular weight excluding hydrogens is 432 g/mol. The molecule has 0 aromatic heterocycles. The first-order chi connectivity index (χ1) is 12.9. The maximum absolute atomic E-state index is 12.7. The van der Waals surface area contributed by atoms with Crippen molar-refractivity contribution in [1.82, 2.24) is 0 Å². The molecule has 1 saturated heterocycles. The summed E-state index contributed by atoms with van der Waals surface area (Å²) in [7, 11) is 0. The second kappa shape index (κ2) is 8.31.